The molecule has 0 radical (unpaired) electrons. The molecule has 2 aromatic rings. The lowest BCUT2D eigenvalue weighted by molar-refractivity contribution is 0.100. The van der Waals surface area contributed by atoms with Gasteiger partial charge in [0.2, 0.25) is 11.7 Å². The van der Waals surface area contributed by atoms with Crippen molar-refractivity contribution < 1.29 is 4.79 Å². The Labute approximate surface area is 123 Å². The van der Waals surface area contributed by atoms with Crippen molar-refractivity contribution >= 4 is 5.91 Å². The lowest BCUT2D eigenvalue weighted by atomic mass is 10.1. The molecule has 2 N–H and O–H groups in total. The average Bonchev–Trinajstić information content (AvgIpc) is 2.97. The third kappa shape index (κ3) is 3.85. The van der Waals surface area contributed by atoms with E-state index >= 15 is 0 Å². The summed E-state index contributed by atoms with van der Waals surface area (Å²) in [6.07, 6.45) is 0. The van der Waals surface area contributed by atoms with Crippen LogP contribution in [0.15, 0.2) is 24.3 Å². The maximum absolute atomic E-state index is 11.0. The Morgan fingerprint density at radius 1 is 1.24 bits per heavy atom. The van der Waals surface area contributed by atoms with Gasteiger partial charge in [-0.1, -0.05) is 26.0 Å². The summed E-state index contributed by atoms with van der Waals surface area (Å²) in [4.78, 5) is 14.9. The number of hydrogen-bond donors (Lipinski definition) is 1. The summed E-state index contributed by atoms with van der Waals surface area (Å²) in [6.45, 7) is 7.87. The molecule has 21 heavy (non-hydrogen) atoms. The smallest absolute Gasteiger partial charge is 0.248 e. The van der Waals surface area contributed by atoms with Crippen LogP contribution in [0.25, 0.3) is 11.4 Å². The third-order valence-electron chi connectivity index (χ3n) is 3.39. The number of tetrazole rings is 1. The number of carbonyl (C=O) groups excluding carboxylic acids is 1. The molecule has 1 aromatic heterocycles. The third-order valence-corrected chi connectivity index (χ3v) is 3.39. The molecule has 1 heterocycles. The molecule has 7 nitrogen and oxygen atoms in total. The summed E-state index contributed by atoms with van der Waals surface area (Å²) >= 11 is 0. The Morgan fingerprint density at radius 3 is 2.48 bits per heavy atom. The molecule has 0 aliphatic heterocycles. The minimum atomic E-state index is -0.447. The first-order valence-corrected chi connectivity index (χ1v) is 7.04. The molecule has 7 heteroatoms. The highest BCUT2D eigenvalue weighted by Crippen LogP contribution is 2.14. The van der Waals surface area contributed by atoms with Crippen LogP contribution in [0, 0.1) is 0 Å². The monoisotopic (exact) mass is 288 g/mol. The number of primary amides is 1. The van der Waals surface area contributed by atoms with Crippen molar-refractivity contribution in [3.05, 3.63) is 29.8 Å². The lowest BCUT2D eigenvalue weighted by Crippen LogP contribution is -2.27. The van der Waals surface area contributed by atoms with E-state index in [1.54, 1.807) is 29.1 Å². The van der Waals surface area contributed by atoms with Crippen molar-refractivity contribution in [3.8, 4) is 11.4 Å². The number of hydrogen-bond acceptors (Lipinski definition) is 5. The zero-order valence-corrected chi connectivity index (χ0v) is 12.4. The molecule has 0 atom stereocenters. The molecule has 0 aliphatic rings. The zero-order valence-electron chi connectivity index (χ0n) is 12.4. The standard InChI is InChI=1S/C14H20N6O/c1-3-19(4-2)9-10-20-17-14(16-18-20)12-7-5-11(6-8-12)13(15)21/h5-8H,3-4,9-10H2,1-2H3,(H2,15,21). The molecular formula is C14H20N6O. The molecule has 1 aromatic carbocycles. The van der Waals surface area contributed by atoms with Crippen LogP contribution < -0.4 is 5.73 Å². The van der Waals surface area contributed by atoms with E-state index in [1.807, 2.05) is 0 Å². The molecule has 0 aliphatic carbocycles. The molecule has 112 valence electrons. The van der Waals surface area contributed by atoms with Gasteiger partial charge in [0, 0.05) is 17.7 Å². The van der Waals surface area contributed by atoms with Gasteiger partial charge in [0.25, 0.3) is 0 Å². The Morgan fingerprint density at radius 2 is 1.90 bits per heavy atom. The van der Waals surface area contributed by atoms with E-state index in [-0.39, 0.29) is 0 Å². The van der Waals surface area contributed by atoms with Gasteiger partial charge in [-0.05, 0) is 30.4 Å². The van der Waals surface area contributed by atoms with E-state index in [2.05, 4.69) is 34.2 Å². The van der Waals surface area contributed by atoms with Gasteiger partial charge in [0.05, 0.1) is 6.54 Å². The summed E-state index contributed by atoms with van der Waals surface area (Å²) < 4.78 is 0. The maximum atomic E-state index is 11.0. The number of likely N-dealkylation sites (N-methyl/N-ethyl adjacent to an activating group) is 1. The number of nitrogens with two attached hydrogens (primary N) is 1. The van der Waals surface area contributed by atoms with Gasteiger partial charge in [-0.3, -0.25) is 4.79 Å². The van der Waals surface area contributed by atoms with Gasteiger partial charge in [-0.25, -0.2) is 0 Å². The van der Waals surface area contributed by atoms with Gasteiger partial charge < -0.3 is 10.6 Å². The van der Waals surface area contributed by atoms with Gasteiger partial charge >= 0.3 is 0 Å². The fourth-order valence-corrected chi connectivity index (χ4v) is 2.01. The summed E-state index contributed by atoms with van der Waals surface area (Å²) in [7, 11) is 0. The molecule has 0 bridgehead atoms. The summed E-state index contributed by atoms with van der Waals surface area (Å²) in [5, 5.41) is 12.4. The SMILES string of the molecule is CCN(CC)CCn1nnc(-c2ccc(C(N)=O)cc2)n1. The van der Waals surface area contributed by atoms with Crippen LogP contribution in [-0.2, 0) is 6.54 Å². The van der Waals surface area contributed by atoms with Crippen molar-refractivity contribution in [1.29, 1.82) is 0 Å². The Balaban J connectivity index is 2.03. The van der Waals surface area contributed by atoms with Crippen LogP contribution in [-0.4, -0.2) is 50.6 Å². The number of carbonyl (C=O) groups is 1. The van der Waals surface area contributed by atoms with E-state index in [0.29, 0.717) is 17.9 Å². The Bertz CT molecular complexity index is 588. The Kier molecular flexibility index (Phi) is 4.99. The first-order chi connectivity index (χ1) is 10.1. The van der Waals surface area contributed by atoms with Gasteiger partial charge in [0.15, 0.2) is 0 Å². The molecule has 0 fully saturated rings. The van der Waals surface area contributed by atoms with Crippen molar-refractivity contribution in [3.63, 3.8) is 0 Å². The number of amides is 1. The first-order valence-electron chi connectivity index (χ1n) is 7.04. The molecule has 0 saturated carbocycles. The fourth-order valence-electron chi connectivity index (χ4n) is 2.01. The van der Waals surface area contributed by atoms with E-state index in [1.165, 1.54) is 0 Å². The summed E-state index contributed by atoms with van der Waals surface area (Å²) in [5.41, 5.74) is 6.49. The van der Waals surface area contributed by atoms with Crippen LogP contribution in [0.1, 0.15) is 24.2 Å². The summed E-state index contributed by atoms with van der Waals surface area (Å²) in [6, 6.07) is 6.86. The molecule has 0 unspecified atom stereocenters. The molecule has 0 spiro atoms. The topological polar surface area (TPSA) is 89.9 Å². The second-order valence-electron chi connectivity index (χ2n) is 4.68. The highest BCUT2D eigenvalue weighted by Gasteiger charge is 2.08. The molecular weight excluding hydrogens is 268 g/mol. The predicted octanol–water partition coefficient (Wildman–Crippen LogP) is 0.781. The lowest BCUT2D eigenvalue weighted by Gasteiger charge is -2.16. The largest absolute Gasteiger partial charge is 0.366 e. The average molecular weight is 288 g/mol. The van der Waals surface area contributed by atoms with Crippen LogP contribution in [0.3, 0.4) is 0 Å². The zero-order chi connectivity index (χ0) is 15.2. The highest BCUT2D eigenvalue weighted by molar-refractivity contribution is 5.93. The number of rotatable bonds is 7. The van der Waals surface area contributed by atoms with Crippen molar-refractivity contribution in [2.24, 2.45) is 5.73 Å². The quantitative estimate of drug-likeness (QED) is 0.813. The minimum absolute atomic E-state index is 0.447. The number of aromatic nitrogens is 4. The van der Waals surface area contributed by atoms with Gasteiger partial charge in [-0.2, -0.15) is 4.80 Å². The van der Waals surface area contributed by atoms with E-state index in [4.69, 9.17) is 5.73 Å². The Hall–Kier alpha value is -2.28. The first kappa shape index (κ1) is 15.1. The van der Waals surface area contributed by atoms with Crippen LogP contribution in [0.2, 0.25) is 0 Å². The second kappa shape index (κ2) is 6.94. The van der Waals surface area contributed by atoms with Crippen molar-refractivity contribution in [1.82, 2.24) is 25.1 Å². The normalized spacial score (nSPS) is 11.0. The van der Waals surface area contributed by atoms with E-state index in [0.717, 1.165) is 25.2 Å². The second-order valence-corrected chi connectivity index (χ2v) is 4.68. The van der Waals surface area contributed by atoms with Crippen molar-refractivity contribution in [2.45, 2.75) is 20.4 Å². The highest BCUT2D eigenvalue weighted by atomic mass is 16.1. The molecule has 1 amide bonds. The van der Waals surface area contributed by atoms with Crippen LogP contribution in [0.5, 0.6) is 0 Å². The minimum Gasteiger partial charge on any atom is -0.366 e. The number of benzene rings is 1. The van der Waals surface area contributed by atoms with Gasteiger partial charge in [-0.15, -0.1) is 10.2 Å². The van der Waals surface area contributed by atoms with Crippen molar-refractivity contribution in [2.75, 3.05) is 19.6 Å². The number of nitrogens with zero attached hydrogens (tertiary/aromatic N) is 5. The van der Waals surface area contributed by atoms with Gasteiger partial charge in [0.1, 0.15) is 0 Å². The van der Waals surface area contributed by atoms with Crippen LogP contribution >= 0.6 is 0 Å². The molecule has 0 saturated heterocycles. The van der Waals surface area contributed by atoms with Crippen LogP contribution in [0.4, 0.5) is 0 Å². The maximum Gasteiger partial charge on any atom is 0.248 e. The summed E-state index contributed by atoms with van der Waals surface area (Å²) in [5.74, 6) is 0.1000. The van der Waals surface area contributed by atoms with E-state index in [9.17, 15) is 4.79 Å². The molecule has 2 rings (SSSR count). The predicted molar refractivity (Wildman–Crippen MR) is 79.6 cm³/mol. The van der Waals surface area contributed by atoms with E-state index < -0.39 is 5.91 Å². The fraction of sp³-hybridized carbons (Fsp3) is 0.429.